The van der Waals surface area contributed by atoms with Crippen molar-refractivity contribution in [1.29, 1.82) is 0 Å². The molecule has 27 heavy (non-hydrogen) atoms. The number of ether oxygens (including phenoxy) is 1. The summed E-state index contributed by atoms with van der Waals surface area (Å²) in [6.07, 6.45) is 1.99. The van der Waals surface area contributed by atoms with Crippen LogP contribution in [0, 0.1) is 6.92 Å². The smallest absolute Gasteiger partial charge is 0.322 e. The van der Waals surface area contributed by atoms with Gasteiger partial charge in [0.25, 0.3) is 5.56 Å². The maximum atomic E-state index is 13.1. The number of benzene rings is 1. The van der Waals surface area contributed by atoms with Gasteiger partial charge in [-0.25, -0.2) is 4.98 Å². The number of aryl methyl sites for hydroxylation is 1. The van der Waals surface area contributed by atoms with Gasteiger partial charge in [0.05, 0.1) is 19.2 Å². The summed E-state index contributed by atoms with van der Waals surface area (Å²) in [4.78, 5) is 29.1. The van der Waals surface area contributed by atoms with Gasteiger partial charge in [-0.3, -0.25) is 14.9 Å². The van der Waals surface area contributed by atoms with Crippen molar-refractivity contribution in [2.45, 2.75) is 45.3 Å². The van der Waals surface area contributed by atoms with Crippen LogP contribution in [0.3, 0.4) is 0 Å². The Hall–Kier alpha value is -2.19. The van der Waals surface area contributed by atoms with Crippen LogP contribution in [0.1, 0.15) is 37.3 Å². The summed E-state index contributed by atoms with van der Waals surface area (Å²) in [5, 5.41) is 3.87. The zero-order valence-electron chi connectivity index (χ0n) is 15.3. The molecular weight excluding hydrogens is 414 g/mol. The summed E-state index contributed by atoms with van der Waals surface area (Å²) in [5.41, 5.74) is 2.60. The lowest BCUT2D eigenvalue weighted by Gasteiger charge is -2.12. The molecule has 1 aromatic carbocycles. The summed E-state index contributed by atoms with van der Waals surface area (Å²) < 4.78 is 13.4. The number of hydrogen-bond donors (Lipinski definition) is 1. The number of pyridine rings is 1. The van der Waals surface area contributed by atoms with Crippen LogP contribution in [0.4, 0.5) is 0 Å². The summed E-state index contributed by atoms with van der Waals surface area (Å²) in [6, 6.07) is 3.63. The first-order valence-electron chi connectivity index (χ1n) is 8.86. The average molecular weight is 434 g/mol. The molecule has 0 radical (unpaired) electrons. The van der Waals surface area contributed by atoms with E-state index in [1.54, 1.807) is 6.92 Å². The second kappa shape index (κ2) is 6.76. The van der Waals surface area contributed by atoms with Gasteiger partial charge in [0.1, 0.15) is 6.04 Å². The van der Waals surface area contributed by atoms with Crippen molar-refractivity contribution in [3.8, 4) is 0 Å². The summed E-state index contributed by atoms with van der Waals surface area (Å²) in [5.74, 6) is 0.00129. The van der Waals surface area contributed by atoms with Crippen LogP contribution in [-0.2, 0) is 16.1 Å². The number of esters is 1. The number of methoxy groups -OCH3 is 1. The van der Waals surface area contributed by atoms with E-state index in [0.717, 1.165) is 33.8 Å². The van der Waals surface area contributed by atoms with Crippen LogP contribution < -0.4 is 10.9 Å². The number of rotatable bonds is 5. The van der Waals surface area contributed by atoms with E-state index in [9.17, 15) is 9.59 Å². The second-order valence-corrected chi connectivity index (χ2v) is 7.74. The molecule has 0 bridgehead atoms. The normalized spacial score (nSPS) is 15.4. The van der Waals surface area contributed by atoms with Crippen LogP contribution in [0.5, 0.6) is 0 Å². The number of nitrogens with zero attached hydrogens (tertiary/aromatic N) is 2. The molecule has 1 fully saturated rings. The summed E-state index contributed by atoms with van der Waals surface area (Å²) in [7, 11) is 1.34. The molecule has 0 amide bonds. The predicted molar refractivity (Wildman–Crippen MR) is 105 cm³/mol. The van der Waals surface area contributed by atoms with Gasteiger partial charge >= 0.3 is 5.97 Å². The van der Waals surface area contributed by atoms with Crippen molar-refractivity contribution in [1.82, 2.24) is 14.9 Å². The van der Waals surface area contributed by atoms with E-state index in [4.69, 9.17) is 9.15 Å². The van der Waals surface area contributed by atoms with Gasteiger partial charge in [0.2, 0.25) is 5.89 Å². The molecule has 0 unspecified atom stereocenters. The van der Waals surface area contributed by atoms with E-state index in [2.05, 4.69) is 26.2 Å². The lowest BCUT2D eigenvalue weighted by atomic mass is 10.1. The number of hydrogen-bond acceptors (Lipinski definition) is 6. The Balaban J connectivity index is 1.85. The number of halogens is 1. The molecule has 1 atom stereocenters. The van der Waals surface area contributed by atoms with E-state index < -0.39 is 6.04 Å². The van der Waals surface area contributed by atoms with E-state index in [-0.39, 0.29) is 24.1 Å². The molecule has 1 N–H and O–H groups in total. The van der Waals surface area contributed by atoms with Gasteiger partial charge in [-0.05, 0) is 44.4 Å². The average Bonchev–Trinajstić information content (AvgIpc) is 3.40. The lowest BCUT2D eigenvalue weighted by molar-refractivity contribution is -0.142. The number of aromatic nitrogens is 2. The fourth-order valence-corrected chi connectivity index (χ4v) is 3.65. The zero-order chi connectivity index (χ0) is 19.3. The van der Waals surface area contributed by atoms with Crippen molar-refractivity contribution >= 4 is 43.9 Å². The fourth-order valence-electron chi connectivity index (χ4n) is 3.33. The Morgan fingerprint density at radius 2 is 2.22 bits per heavy atom. The Morgan fingerprint density at radius 1 is 1.48 bits per heavy atom. The first-order valence-corrected chi connectivity index (χ1v) is 9.65. The van der Waals surface area contributed by atoms with Gasteiger partial charge in [0.15, 0.2) is 11.1 Å². The number of fused-ring (bicyclic) bond motifs is 3. The van der Waals surface area contributed by atoms with Crippen molar-refractivity contribution in [2.24, 2.45) is 0 Å². The van der Waals surface area contributed by atoms with E-state index >= 15 is 0 Å². The molecule has 2 heterocycles. The molecule has 1 aliphatic carbocycles. The van der Waals surface area contributed by atoms with Crippen LogP contribution >= 0.6 is 15.9 Å². The summed E-state index contributed by atoms with van der Waals surface area (Å²) in [6.45, 7) is 3.92. The van der Waals surface area contributed by atoms with Crippen molar-refractivity contribution in [2.75, 3.05) is 7.11 Å². The Morgan fingerprint density at radius 3 is 2.89 bits per heavy atom. The number of carbonyl (C=O) groups is 1. The molecule has 3 aromatic rings. The summed E-state index contributed by atoms with van der Waals surface area (Å²) >= 11 is 3.56. The monoisotopic (exact) mass is 433 g/mol. The van der Waals surface area contributed by atoms with Gasteiger partial charge in [0, 0.05) is 15.9 Å². The molecule has 1 saturated carbocycles. The van der Waals surface area contributed by atoms with E-state index in [1.807, 2.05) is 23.6 Å². The second-order valence-electron chi connectivity index (χ2n) is 6.89. The Bertz CT molecular complexity index is 1110. The largest absolute Gasteiger partial charge is 0.468 e. The Kier molecular flexibility index (Phi) is 4.55. The standard InChI is InChI=1S/C19H20BrN3O4/c1-9-13(20)7-6-12-16(9)23(11-4-5-11)18(24)15-17(12)27-14(22-15)8-21-10(2)19(25)26-3/h6-7,10-11,21H,4-5,8H2,1-3H3/t10-/m0/s1. The molecule has 2 aromatic heterocycles. The predicted octanol–water partition coefficient (Wildman–Crippen LogP) is 3.20. The minimum atomic E-state index is -0.497. The maximum Gasteiger partial charge on any atom is 0.322 e. The SMILES string of the molecule is COC(=O)[C@H](C)NCc1nc2c(=O)n(C3CC3)c3c(C)c(Br)ccc3c2o1. The number of oxazole rings is 1. The third kappa shape index (κ3) is 3.06. The molecule has 142 valence electrons. The molecule has 0 spiro atoms. The minimum Gasteiger partial charge on any atom is -0.468 e. The van der Waals surface area contributed by atoms with Crippen LogP contribution in [0.25, 0.3) is 22.0 Å². The first-order chi connectivity index (χ1) is 12.9. The quantitative estimate of drug-likeness (QED) is 0.621. The van der Waals surface area contributed by atoms with Crippen LogP contribution in [0.2, 0.25) is 0 Å². The van der Waals surface area contributed by atoms with Crippen molar-refractivity contribution < 1.29 is 13.9 Å². The van der Waals surface area contributed by atoms with Gasteiger partial charge in [-0.1, -0.05) is 15.9 Å². The van der Waals surface area contributed by atoms with Crippen LogP contribution in [0.15, 0.2) is 25.8 Å². The first kappa shape index (κ1) is 18.2. The maximum absolute atomic E-state index is 13.1. The fraction of sp³-hybridized carbons (Fsp3) is 0.421. The van der Waals surface area contributed by atoms with Gasteiger partial charge < -0.3 is 13.7 Å². The molecular formula is C19H20BrN3O4. The number of nitrogens with one attached hydrogen (secondary N) is 1. The van der Waals surface area contributed by atoms with Crippen molar-refractivity contribution in [3.05, 3.63) is 38.4 Å². The molecule has 7 nitrogen and oxygen atoms in total. The molecule has 4 rings (SSSR count). The van der Waals surface area contributed by atoms with Gasteiger partial charge in [-0.15, -0.1) is 0 Å². The molecule has 1 aliphatic rings. The zero-order valence-corrected chi connectivity index (χ0v) is 16.9. The topological polar surface area (TPSA) is 86.4 Å². The van der Waals surface area contributed by atoms with Crippen LogP contribution in [-0.4, -0.2) is 28.7 Å². The highest BCUT2D eigenvalue weighted by Crippen LogP contribution is 2.39. The lowest BCUT2D eigenvalue weighted by Crippen LogP contribution is -2.34. The Labute approximate surface area is 163 Å². The van der Waals surface area contributed by atoms with Gasteiger partial charge in [-0.2, -0.15) is 0 Å². The highest BCUT2D eigenvalue weighted by atomic mass is 79.9. The third-order valence-corrected chi connectivity index (χ3v) is 5.83. The molecule has 0 aliphatic heterocycles. The third-order valence-electron chi connectivity index (χ3n) is 4.97. The van der Waals surface area contributed by atoms with E-state index in [0.29, 0.717) is 17.0 Å². The minimum absolute atomic E-state index is 0.128. The number of carbonyl (C=O) groups excluding carboxylic acids is 1. The highest BCUT2D eigenvalue weighted by molar-refractivity contribution is 9.10. The highest BCUT2D eigenvalue weighted by Gasteiger charge is 2.30. The van der Waals surface area contributed by atoms with Crippen molar-refractivity contribution in [3.63, 3.8) is 0 Å². The molecule has 8 heteroatoms. The molecule has 0 saturated heterocycles. The van der Waals surface area contributed by atoms with E-state index in [1.165, 1.54) is 7.11 Å².